The predicted molar refractivity (Wildman–Crippen MR) is 114 cm³/mol. The van der Waals surface area contributed by atoms with Crippen LogP contribution in [0.1, 0.15) is 18.4 Å². The maximum Gasteiger partial charge on any atom is 0.224 e. The third kappa shape index (κ3) is 4.76. The van der Waals surface area contributed by atoms with Crippen LogP contribution in [0.3, 0.4) is 0 Å². The van der Waals surface area contributed by atoms with E-state index in [-0.39, 0.29) is 11.8 Å². The molecule has 0 radical (unpaired) electrons. The van der Waals surface area contributed by atoms with Crippen molar-refractivity contribution in [3.05, 3.63) is 60.7 Å². The highest BCUT2D eigenvalue weighted by Gasteiger charge is 2.26. The van der Waals surface area contributed by atoms with Gasteiger partial charge in [0.05, 0.1) is 13.0 Å². The van der Waals surface area contributed by atoms with Gasteiger partial charge in [-0.15, -0.1) is 10.2 Å². The highest BCUT2D eigenvalue weighted by molar-refractivity contribution is 5.79. The molecule has 3 heterocycles. The molecular formula is C22H26N6O2. The number of imidazole rings is 1. The summed E-state index contributed by atoms with van der Waals surface area (Å²) in [7, 11) is 1.66. The van der Waals surface area contributed by atoms with Gasteiger partial charge in [0.25, 0.3) is 0 Å². The molecule has 2 aromatic heterocycles. The van der Waals surface area contributed by atoms with Crippen LogP contribution >= 0.6 is 0 Å². The van der Waals surface area contributed by atoms with Gasteiger partial charge in [-0.05, 0) is 49.1 Å². The Balaban J connectivity index is 1.30. The fourth-order valence-electron chi connectivity index (χ4n) is 3.72. The molecule has 1 unspecified atom stereocenters. The number of anilines is 1. The molecule has 0 saturated carbocycles. The van der Waals surface area contributed by atoms with Gasteiger partial charge in [-0.25, -0.2) is 4.98 Å². The number of rotatable bonds is 7. The number of ether oxygens (including phenoxy) is 1. The van der Waals surface area contributed by atoms with Crippen molar-refractivity contribution in [2.75, 3.05) is 31.6 Å². The van der Waals surface area contributed by atoms with E-state index in [1.54, 1.807) is 19.6 Å². The van der Waals surface area contributed by atoms with Gasteiger partial charge >= 0.3 is 0 Å². The summed E-state index contributed by atoms with van der Waals surface area (Å²) < 4.78 is 7.06. The molecule has 4 rings (SSSR count). The Morgan fingerprint density at radius 1 is 1.23 bits per heavy atom. The molecule has 0 bridgehead atoms. The first-order valence-electron chi connectivity index (χ1n) is 10.2. The first kappa shape index (κ1) is 19.9. The number of hydrogen-bond donors (Lipinski definition) is 1. The van der Waals surface area contributed by atoms with Crippen LogP contribution in [-0.4, -0.2) is 52.4 Å². The van der Waals surface area contributed by atoms with E-state index in [9.17, 15) is 4.79 Å². The minimum absolute atomic E-state index is 0.0424. The molecule has 1 N–H and O–H groups in total. The lowest BCUT2D eigenvalue weighted by Gasteiger charge is -2.32. The van der Waals surface area contributed by atoms with Gasteiger partial charge in [-0.1, -0.05) is 12.1 Å². The Morgan fingerprint density at radius 3 is 2.87 bits per heavy atom. The van der Waals surface area contributed by atoms with E-state index in [1.807, 2.05) is 47.2 Å². The number of methoxy groups -OCH3 is 1. The minimum atomic E-state index is -0.0424. The molecule has 30 heavy (non-hydrogen) atoms. The second-order valence-electron chi connectivity index (χ2n) is 7.40. The molecular weight excluding hydrogens is 380 g/mol. The summed E-state index contributed by atoms with van der Waals surface area (Å²) in [6.07, 6.45) is 7.85. The molecule has 0 spiro atoms. The SMILES string of the molecule is COc1cccc(CCNC(=O)C2CCCN(c3ccc(-n4ccnc4)nn3)C2)c1. The van der Waals surface area contributed by atoms with E-state index < -0.39 is 0 Å². The van der Waals surface area contributed by atoms with E-state index in [4.69, 9.17) is 4.74 Å². The first-order chi connectivity index (χ1) is 14.7. The van der Waals surface area contributed by atoms with Gasteiger partial charge in [0.15, 0.2) is 11.6 Å². The molecule has 156 valence electrons. The molecule has 1 atom stereocenters. The van der Waals surface area contributed by atoms with Crippen LogP contribution in [0.5, 0.6) is 5.75 Å². The predicted octanol–water partition coefficient (Wildman–Crippen LogP) is 2.25. The number of piperidine rings is 1. The molecule has 1 amide bonds. The molecule has 0 aliphatic carbocycles. The smallest absolute Gasteiger partial charge is 0.224 e. The second kappa shape index (κ2) is 9.39. The fourth-order valence-corrected chi connectivity index (χ4v) is 3.72. The fraction of sp³-hybridized carbons (Fsp3) is 0.364. The van der Waals surface area contributed by atoms with E-state index in [1.165, 1.54) is 0 Å². The van der Waals surface area contributed by atoms with Gasteiger partial charge in [0.1, 0.15) is 12.1 Å². The Morgan fingerprint density at radius 2 is 2.10 bits per heavy atom. The standard InChI is InChI=1S/C22H26N6O2/c1-30-19-6-2-4-17(14-19)9-10-24-22(29)18-5-3-12-27(15-18)20-7-8-21(26-25-20)28-13-11-23-16-28/h2,4,6-8,11,13-14,16,18H,3,5,9-10,12,15H2,1H3,(H,24,29). The number of nitrogens with one attached hydrogen (secondary N) is 1. The van der Waals surface area contributed by atoms with Crippen LogP contribution in [0.4, 0.5) is 5.82 Å². The zero-order chi connectivity index (χ0) is 20.8. The number of hydrogen-bond acceptors (Lipinski definition) is 6. The monoisotopic (exact) mass is 406 g/mol. The summed E-state index contributed by atoms with van der Waals surface area (Å²) in [5, 5.41) is 11.7. The Kier molecular flexibility index (Phi) is 6.22. The van der Waals surface area contributed by atoms with Crippen molar-refractivity contribution in [3.8, 4) is 11.6 Å². The number of amides is 1. The summed E-state index contributed by atoms with van der Waals surface area (Å²) >= 11 is 0. The van der Waals surface area contributed by atoms with E-state index >= 15 is 0 Å². The van der Waals surface area contributed by atoms with Gasteiger partial charge in [0.2, 0.25) is 5.91 Å². The molecule has 8 heteroatoms. The van der Waals surface area contributed by atoms with Crippen LogP contribution in [0, 0.1) is 5.92 Å². The second-order valence-corrected chi connectivity index (χ2v) is 7.40. The van der Waals surface area contributed by atoms with E-state index in [2.05, 4.69) is 25.4 Å². The molecule has 1 aliphatic rings. The Bertz CT molecular complexity index is 958. The van der Waals surface area contributed by atoms with Crippen molar-refractivity contribution in [3.63, 3.8) is 0 Å². The largest absolute Gasteiger partial charge is 0.497 e. The molecule has 1 aromatic carbocycles. The lowest BCUT2D eigenvalue weighted by Crippen LogP contribution is -2.43. The van der Waals surface area contributed by atoms with Crippen LogP contribution in [0.2, 0.25) is 0 Å². The maximum atomic E-state index is 12.7. The molecule has 8 nitrogen and oxygen atoms in total. The third-order valence-corrected chi connectivity index (χ3v) is 5.37. The van der Waals surface area contributed by atoms with Crippen molar-refractivity contribution in [2.45, 2.75) is 19.3 Å². The zero-order valence-electron chi connectivity index (χ0n) is 17.1. The highest BCUT2D eigenvalue weighted by atomic mass is 16.5. The van der Waals surface area contributed by atoms with Crippen LogP contribution in [0.25, 0.3) is 5.82 Å². The van der Waals surface area contributed by atoms with Gasteiger partial charge in [-0.3, -0.25) is 9.36 Å². The van der Waals surface area contributed by atoms with Crippen LogP contribution in [0.15, 0.2) is 55.1 Å². The highest BCUT2D eigenvalue weighted by Crippen LogP contribution is 2.22. The first-order valence-corrected chi connectivity index (χ1v) is 10.2. The van der Waals surface area contributed by atoms with Gasteiger partial charge in [0, 0.05) is 32.0 Å². The lowest BCUT2D eigenvalue weighted by atomic mass is 9.97. The summed E-state index contributed by atoms with van der Waals surface area (Å²) in [6.45, 7) is 2.15. The number of benzene rings is 1. The minimum Gasteiger partial charge on any atom is -0.497 e. The normalized spacial score (nSPS) is 16.3. The maximum absolute atomic E-state index is 12.7. The molecule has 1 fully saturated rings. The van der Waals surface area contributed by atoms with Crippen molar-refractivity contribution in [1.82, 2.24) is 25.1 Å². The number of carbonyl (C=O) groups is 1. The summed E-state index contributed by atoms with van der Waals surface area (Å²) in [5.41, 5.74) is 1.15. The number of carbonyl (C=O) groups excluding carboxylic acids is 1. The summed E-state index contributed by atoms with van der Waals surface area (Å²) in [5.74, 6) is 2.42. The van der Waals surface area contributed by atoms with Crippen molar-refractivity contribution in [1.29, 1.82) is 0 Å². The van der Waals surface area contributed by atoms with Gasteiger partial charge in [-0.2, -0.15) is 0 Å². The van der Waals surface area contributed by atoms with Crippen LogP contribution in [-0.2, 0) is 11.2 Å². The lowest BCUT2D eigenvalue weighted by molar-refractivity contribution is -0.125. The van der Waals surface area contributed by atoms with E-state index in [0.29, 0.717) is 13.1 Å². The zero-order valence-corrected chi connectivity index (χ0v) is 17.1. The van der Waals surface area contributed by atoms with Crippen molar-refractivity contribution in [2.24, 2.45) is 5.92 Å². The molecule has 1 aliphatic heterocycles. The number of aromatic nitrogens is 4. The average molecular weight is 406 g/mol. The molecule has 3 aromatic rings. The molecule has 1 saturated heterocycles. The quantitative estimate of drug-likeness (QED) is 0.648. The van der Waals surface area contributed by atoms with E-state index in [0.717, 1.165) is 48.8 Å². The third-order valence-electron chi connectivity index (χ3n) is 5.37. The Labute approximate surface area is 175 Å². The topological polar surface area (TPSA) is 85.2 Å². The summed E-state index contributed by atoms with van der Waals surface area (Å²) in [6, 6.07) is 11.8. The summed E-state index contributed by atoms with van der Waals surface area (Å²) in [4.78, 5) is 18.9. The average Bonchev–Trinajstić information content (AvgIpc) is 3.34. The van der Waals surface area contributed by atoms with Crippen molar-refractivity contribution < 1.29 is 9.53 Å². The Hall–Kier alpha value is -3.42. The van der Waals surface area contributed by atoms with Crippen molar-refractivity contribution >= 4 is 11.7 Å². The van der Waals surface area contributed by atoms with Crippen LogP contribution < -0.4 is 15.0 Å². The number of nitrogens with zero attached hydrogens (tertiary/aromatic N) is 5. The van der Waals surface area contributed by atoms with Gasteiger partial charge < -0.3 is 15.0 Å².